The van der Waals surface area contributed by atoms with Gasteiger partial charge in [0.15, 0.2) is 0 Å². The molecular formula is C9H14BrN3O. The lowest BCUT2D eigenvalue weighted by Gasteiger charge is -2.16. The van der Waals surface area contributed by atoms with Crippen LogP contribution in [0.5, 0.6) is 0 Å². The Bertz CT molecular complexity index is 293. The predicted octanol–water partition coefficient (Wildman–Crippen LogP) is 0.964. The first-order chi connectivity index (χ1) is 6.61. The maximum Gasteiger partial charge on any atom is 0.0680 e. The minimum absolute atomic E-state index is 0.268. The van der Waals surface area contributed by atoms with Gasteiger partial charge in [0.05, 0.1) is 16.3 Å². The summed E-state index contributed by atoms with van der Waals surface area (Å²) in [6.07, 6.45) is 2.89. The topological polar surface area (TPSA) is 71.2 Å². The molecule has 0 radical (unpaired) electrons. The van der Waals surface area contributed by atoms with Crippen LogP contribution in [0.2, 0.25) is 0 Å². The van der Waals surface area contributed by atoms with Crippen molar-refractivity contribution < 1.29 is 5.11 Å². The molecule has 2 unspecified atom stereocenters. The quantitative estimate of drug-likeness (QED) is 0.754. The van der Waals surface area contributed by atoms with Crippen LogP contribution in [0, 0.1) is 0 Å². The van der Waals surface area contributed by atoms with Crippen molar-refractivity contribution in [1.82, 2.24) is 4.98 Å². The van der Waals surface area contributed by atoms with E-state index in [9.17, 15) is 5.11 Å². The molecule has 4 nitrogen and oxygen atoms in total. The second-order valence-corrected chi connectivity index (χ2v) is 4.00. The van der Waals surface area contributed by atoms with Crippen LogP contribution in [0.4, 0.5) is 5.69 Å². The van der Waals surface area contributed by atoms with E-state index < -0.39 is 6.10 Å². The maximum atomic E-state index is 9.18. The molecule has 0 saturated heterocycles. The van der Waals surface area contributed by atoms with Crippen molar-refractivity contribution in [3.8, 4) is 0 Å². The number of nitrogens with two attached hydrogens (primary N) is 1. The Labute approximate surface area is 91.7 Å². The summed E-state index contributed by atoms with van der Waals surface area (Å²) in [6, 6.07) is 1.58. The molecule has 0 aliphatic carbocycles. The Morgan fingerprint density at radius 3 is 3.00 bits per heavy atom. The number of hydrogen-bond acceptors (Lipinski definition) is 4. The molecule has 2 atom stereocenters. The highest BCUT2D eigenvalue weighted by atomic mass is 79.9. The van der Waals surface area contributed by atoms with Crippen LogP contribution in [-0.2, 0) is 0 Å². The van der Waals surface area contributed by atoms with Gasteiger partial charge in [0.2, 0.25) is 0 Å². The highest BCUT2D eigenvalue weighted by molar-refractivity contribution is 9.10. The van der Waals surface area contributed by atoms with Crippen molar-refractivity contribution in [3.05, 3.63) is 22.9 Å². The van der Waals surface area contributed by atoms with Gasteiger partial charge in [-0.25, -0.2) is 0 Å². The smallest absolute Gasteiger partial charge is 0.0680 e. The van der Waals surface area contributed by atoms with Crippen LogP contribution in [0.15, 0.2) is 22.9 Å². The largest absolute Gasteiger partial charge is 0.392 e. The predicted molar refractivity (Wildman–Crippen MR) is 60.1 cm³/mol. The molecule has 14 heavy (non-hydrogen) atoms. The zero-order valence-corrected chi connectivity index (χ0v) is 9.53. The van der Waals surface area contributed by atoms with Crippen LogP contribution >= 0.6 is 15.9 Å². The summed E-state index contributed by atoms with van der Waals surface area (Å²) in [5, 5.41) is 12.3. The van der Waals surface area contributed by atoms with E-state index in [1.165, 1.54) is 0 Å². The fraction of sp³-hybridized carbons (Fsp3) is 0.444. The summed E-state index contributed by atoms with van der Waals surface area (Å²) >= 11 is 3.36. The van der Waals surface area contributed by atoms with Gasteiger partial charge in [-0.05, 0) is 28.9 Å². The average Bonchev–Trinajstić information content (AvgIpc) is 2.16. The number of rotatable bonds is 4. The summed E-state index contributed by atoms with van der Waals surface area (Å²) in [6.45, 7) is 2.20. The third-order valence-corrected chi connectivity index (χ3v) is 2.55. The zero-order valence-electron chi connectivity index (χ0n) is 7.94. The number of hydrogen-bond donors (Lipinski definition) is 3. The van der Waals surface area contributed by atoms with Gasteiger partial charge in [0, 0.05) is 25.0 Å². The fourth-order valence-electron chi connectivity index (χ4n) is 0.917. The van der Waals surface area contributed by atoms with E-state index in [0.717, 1.165) is 10.2 Å². The van der Waals surface area contributed by atoms with Gasteiger partial charge in [-0.15, -0.1) is 0 Å². The van der Waals surface area contributed by atoms with Crippen molar-refractivity contribution >= 4 is 21.6 Å². The van der Waals surface area contributed by atoms with Gasteiger partial charge in [-0.1, -0.05) is 0 Å². The molecule has 0 bridgehead atoms. The highest BCUT2D eigenvalue weighted by Gasteiger charge is 2.09. The summed E-state index contributed by atoms with van der Waals surface area (Å²) in [4.78, 5) is 3.94. The Morgan fingerprint density at radius 1 is 1.71 bits per heavy atom. The summed E-state index contributed by atoms with van der Waals surface area (Å²) < 4.78 is 0.887. The number of anilines is 1. The van der Waals surface area contributed by atoms with Crippen LogP contribution in [0.3, 0.4) is 0 Å². The molecule has 0 saturated carbocycles. The summed E-state index contributed by atoms with van der Waals surface area (Å²) in [5.41, 5.74) is 6.60. The first-order valence-corrected chi connectivity index (χ1v) is 5.17. The molecule has 1 rings (SSSR count). The van der Waals surface area contributed by atoms with Gasteiger partial charge in [-0.2, -0.15) is 0 Å². The highest BCUT2D eigenvalue weighted by Crippen LogP contribution is 2.19. The molecule has 1 aromatic heterocycles. The SMILES string of the molecule is CC(O)C(N)CNc1ccncc1Br. The molecule has 0 spiro atoms. The van der Waals surface area contributed by atoms with E-state index >= 15 is 0 Å². The third-order valence-electron chi connectivity index (χ3n) is 1.92. The lowest BCUT2D eigenvalue weighted by Crippen LogP contribution is -2.38. The third kappa shape index (κ3) is 3.25. The Hall–Kier alpha value is -0.650. The molecule has 0 aromatic carbocycles. The summed E-state index contributed by atoms with van der Waals surface area (Å²) in [5.74, 6) is 0. The van der Waals surface area contributed by atoms with Crippen molar-refractivity contribution in [2.24, 2.45) is 5.73 Å². The van der Waals surface area contributed by atoms with Crippen molar-refractivity contribution in [2.75, 3.05) is 11.9 Å². The maximum absolute atomic E-state index is 9.18. The van der Waals surface area contributed by atoms with Gasteiger partial charge in [0.1, 0.15) is 0 Å². The molecule has 0 aliphatic heterocycles. The first kappa shape index (κ1) is 11.4. The number of pyridine rings is 1. The lowest BCUT2D eigenvalue weighted by molar-refractivity contribution is 0.168. The number of halogens is 1. The van der Waals surface area contributed by atoms with E-state index in [0.29, 0.717) is 6.54 Å². The van der Waals surface area contributed by atoms with Crippen LogP contribution in [-0.4, -0.2) is 28.8 Å². The van der Waals surface area contributed by atoms with Crippen LogP contribution < -0.4 is 11.1 Å². The minimum Gasteiger partial charge on any atom is -0.392 e. The Balaban J connectivity index is 2.50. The molecular weight excluding hydrogens is 246 g/mol. The Morgan fingerprint density at radius 2 is 2.43 bits per heavy atom. The fourth-order valence-corrected chi connectivity index (χ4v) is 1.31. The van der Waals surface area contributed by atoms with Gasteiger partial charge < -0.3 is 16.2 Å². The van der Waals surface area contributed by atoms with E-state index in [-0.39, 0.29) is 6.04 Å². The van der Waals surface area contributed by atoms with Crippen LogP contribution in [0.25, 0.3) is 0 Å². The molecule has 1 heterocycles. The molecule has 0 aliphatic rings. The van der Waals surface area contributed by atoms with Gasteiger partial charge in [-0.3, -0.25) is 4.98 Å². The summed E-state index contributed by atoms with van der Waals surface area (Å²) in [7, 11) is 0. The number of aliphatic hydroxyl groups excluding tert-OH is 1. The molecule has 5 heteroatoms. The average molecular weight is 260 g/mol. The standard InChI is InChI=1S/C9H14BrN3O/c1-6(14)8(11)5-13-9-2-3-12-4-7(9)10/h2-4,6,8,14H,5,11H2,1H3,(H,12,13). The van der Waals surface area contributed by atoms with Crippen molar-refractivity contribution in [1.29, 1.82) is 0 Å². The molecule has 0 amide bonds. The second-order valence-electron chi connectivity index (χ2n) is 3.14. The molecule has 78 valence electrons. The number of aliphatic hydroxyl groups is 1. The van der Waals surface area contributed by atoms with Gasteiger partial charge >= 0.3 is 0 Å². The monoisotopic (exact) mass is 259 g/mol. The van der Waals surface area contributed by atoms with E-state index in [4.69, 9.17) is 5.73 Å². The first-order valence-electron chi connectivity index (χ1n) is 4.38. The minimum atomic E-state index is -0.511. The van der Waals surface area contributed by atoms with E-state index in [1.54, 1.807) is 19.3 Å². The molecule has 0 fully saturated rings. The zero-order chi connectivity index (χ0) is 10.6. The number of aromatic nitrogens is 1. The second kappa shape index (κ2) is 5.29. The van der Waals surface area contributed by atoms with Crippen LogP contribution in [0.1, 0.15) is 6.92 Å². The van der Waals surface area contributed by atoms with E-state index in [1.807, 2.05) is 6.07 Å². The normalized spacial score (nSPS) is 14.9. The lowest BCUT2D eigenvalue weighted by atomic mass is 10.2. The number of nitrogens with one attached hydrogen (secondary N) is 1. The Kier molecular flexibility index (Phi) is 4.31. The molecule has 1 aromatic rings. The number of nitrogens with zero attached hydrogens (tertiary/aromatic N) is 1. The van der Waals surface area contributed by atoms with Crippen molar-refractivity contribution in [3.63, 3.8) is 0 Å². The van der Waals surface area contributed by atoms with Gasteiger partial charge in [0.25, 0.3) is 0 Å². The van der Waals surface area contributed by atoms with E-state index in [2.05, 4.69) is 26.2 Å². The van der Waals surface area contributed by atoms with Crippen molar-refractivity contribution in [2.45, 2.75) is 19.1 Å². The molecule has 4 N–H and O–H groups in total.